The van der Waals surface area contributed by atoms with Gasteiger partial charge in [-0.3, -0.25) is 0 Å². The molecule has 0 N–H and O–H groups in total. The van der Waals surface area contributed by atoms with Crippen molar-refractivity contribution in [2.24, 2.45) is 0 Å². The second-order valence-electron chi connectivity index (χ2n) is 5.10. The van der Waals surface area contributed by atoms with Crippen molar-refractivity contribution in [1.82, 2.24) is 0 Å². The molecule has 0 aromatic heterocycles. The molecule has 0 radical (unpaired) electrons. The van der Waals surface area contributed by atoms with Crippen LogP contribution in [0.1, 0.15) is 13.8 Å². The lowest BCUT2D eigenvalue weighted by atomic mass is 10.1. The summed E-state index contributed by atoms with van der Waals surface area (Å²) in [5.74, 6) is -0.862. The lowest BCUT2D eigenvalue weighted by Crippen LogP contribution is -2.36. The van der Waals surface area contributed by atoms with Gasteiger partial charge in [-0.15, -0.1) is 0 Å². The predicted molar refractivity (Wildman–Crippen MR) is 66.7 cm³/mol. The molecular formula is C14H16O6. The first kappa shape index (κ1) is 13.3. The van der Waals surface area contributed by atoms with Gasteiger partial charge in [0.05, 0.1) is 12.2 Å². The third-order valence-corrected chi connectivity index (χ3v) is 3.43. The molecule has 1 aliphatic carbocycles. The van der Waals surface area contributed by atoms with Crippen molar-refractivity contribution in [1.29, 1.82) is 0 Å². The van der Waals surface area contributed by atoms with Gasteiger partial charge in [-0.25, -0.2) is 9.59 Å². The molecule has 0 spiro atoms. The van der Waals surface area contributed by atoms with Crippen molar-refractivity contribution < 1.29 is 28.5 Å². The van der Waals surface area contributed by atoms with Crippen LogP contribution < -0.4 is 0 Å². The van der Waals surface area contributed by atoms with E-state index >= 15 is 0 Å². The highest BCUT2D eigenvalue weighted by molar-refractivity contribution is 5.79. The first-order valence-electron chi connectivity index (χ1n) is 6.63. The summed E-state index contributed by atoms with van der Waals surface area (Å²) in [5, 5.41) is 0. The Balaban J connectivity index is 1.57. The molecule has 0 aromatic rings. The molecule has 0 amide bonds. The number of carbonyl (C=O) groups excluding carboxylic acids is 2. The van der Waals surface area contributed by atoms with Crippen LogP contribution in [0.3, 0.4) is 0 Å². The maximum absolute atomic E-state index is 11.7. The van der Waals surface area contributed by atoms with E-state index in [2.05, 4.69) is 0 Å². The Morgan fingerprint density at radius 3 is 1.50 bits per heavy atom. The molecule has 6 atom stereocenters. The molecule has 2 fully saturated rings. The van der Waals surface area contributed by atoms with Gasteiger partial charge >= 0.3 is 11.9 Å². The molecule has 0 aromatic carbocycles. The Morgan fingerprint density at radius 2 is 1.20 bits per heavy atom. The lowest BCUT2D eigenvalue weighted by molar-refractivity contribution is -0.162. The highest BCUT2D eigenvalue weighted by atomic mass is 16.7. The summed E-state index contributed by atoms with van der Waals surface area (Å²) in [6, 6.07) is 0. The van der Waals surface area contributed by atoms with Crippen LogP contribution in [0.15, 0.2) is 24.3 Å². The number of hydrogen-bond donors (Lipinski definition) is 0. The highest BCUT2D eigenvalue weighted by Crippen LogP contribution is 2.26. The number of hydrogen-bond acceptors (Lipinski definition) is 6. The summed E-state index contributed by atoms with van der Waals surface area (Å²) in [5.41, 5.74) is 0. The predicted octanol–water partition coefficient (Wildman–Crippen LogP) is 0.511. The lowest BCUT2D eigenvalue weighted by Gasteiger charge is -2.23. The van der Waals surface area contributed by atoms with Gasteiger partial charge in [0.15, 0.2) is 24.4 Å². The Kier molecular flexibility index (Phi) is 3.35. The van der Waals surface area contributed by atoms with Gasteiger partial charge < -0.3 is 18.9 Å². The molecule has 2 aliphatic heterocycles. The van der Waals surface area contributed by atoms with Crippen molar-refractivity contribution in [3.8, 4) is 0 Å². The van der Waals surface area contributed by atoms with E-state index in [1.54, 1.807) is 38.2 Å². The monoisotopic (exact) mass is 280 g/mol. The fourth-order valence-corrected chi connectivity index (χ4v) is 2.05. The number of ether oxygens (including phenoxy) is 4. The van der Waals surface area contributed by atoms with Crippen LogP contribution in [0, 0.1) is 0 Å². The van der Waals surface area contributed by atoms with E-state index in [4.69, 9.17) is 18.9 Å². The van der Waals surface area contributed by atoms with Crippen LogP contribution in [0.2, 0.25) is 0 Å². The van der Waals surface area contributed by atoms with E-state index in [-0.39, 0.29) is 12.2 Å². The topological polar surface area (TPSA) is 77.7 Å². The number of rotatable bonds is 4. The number of epoxide rings is 2. The fraction of sp³-hybridized carbons (Fsp3) is 0.571. The standard InChI is InChI=1S/C14H16O6/c1-7-11(17-7)13(15)19-9-5-3-4-6-10(9)20-14(16)12-8(2)18-12/h3-12H,1-2H3/t7?,8?,9-,10+,11?,12?. The highest BCUT2D eigenvalue weighted by Gasteiger charge is 2.46. The molecule has 2 saturated heterocycles. The van der Waals surface area contributed by atoms with E-state index < -0.39 is 36.4 Å². The van der Waals surface area contributed by atoms with Gasteiger partial charge in [0.2, 0.25) is 0 Å². The van der Waals surface area contributed by atoms with E-state index in [0.717, 1.165) is 0 Å². The maximum Gasteiger partial charge on any atom is 0.338 e. The molecule has 6 nitrogen and oxygen atoms in total. The zero-order valence-electron chi connectivity index (χ0n) is 11.2. The smallest absolute Gasteiger partial charge is 0.338 e. The van der Waals surface area contributed by atoms with E-state index in [1.807, 2.05) is 0 Å². The summed E-state index contributed by atoms with van der Waals surface area (Å²) in [7, 11) is 0. The molecular weight excluding hydrogens is 264 g/mol. The van der Waals surface area contributed by atoms with Crippen LogP contribution in [0.25, 0.3) is 0 Å². The van der Waals surface area contributed by atoms with Crippen molar-refractivity contribution in [3.63, 3.8) is 0 Å². The van der Waals surface area contributed by atoms with Gasteiger partial charge in [0.25, 0.3) is 0 Å². The van der Waals surface area contributed by atoms with Crippen LogP contribution in [-0.4, -0.2) is 48.6 Å². The first-order valence-corrected chi connectivity index (χ1v) is 6.63. The zero-order valence-corrected chi connectivity index (χ0v) is 11.2. The van der Waals surface area contributed by atoms with Gasteiger partial charge in [-0.05, 0) is 26.0 Å². The minimum absolute atomic E-state index is 0.104. The average Bonchev–Trinajstić information content (AvgIpc) is 3.30. The zero-order chi connectivity index (χ0) is 14.3. The minimum atomic E-state index is -0.623. The van der Waals surface area contributed by atoms with E-state index in [1.165, 1.54) is 0 Å². The van der Waals surface area contributed by atoms with Crippen LogP contribution in [0.5, 0.6) is 0 Å². The SMILES string of the molecule is CC1OC1C(=O)O[C@H]1C=CC=C[C@H]1OC(=O)C1OC1C. The van der Waals surface area contributed by atoms with Crippen molar-refractivity contribution in [3.05, 3.63) is 24.3 Å². The molecule has 0 saturated carbocycles. The van der Waals surface area contributed by atoms with Crippen LogP contribution in [0.4, 0.5) is 0 Å². The van der Waals surface area contributed by atoms with Crippen LogP contribution in [-0.2, 0) is 28.5 Å². The number of esters is 2. The summed E-state index contributed by atoms with van der Waals surface area (Å²) in [4.78, 5) is 23.5. The second-order valence-corrected chi connectivity index (χ2v) is 5.10. The molecule has 6 heteroatoms. The second kappa shape index (κ2) is 5.03. The summed E-state index contributed by atoms with van der Waals surface area (Å²) >= 11 is 0. The number of allylic oxidation sites excluding steroid dienone is 2. The maximum atomic E-state index is 11.7. The Morgan fingerprint density at radius 1 is 0.850 bits per heavy atom. The van der Waals surface area contributed by atoms with Crippen LogP contribution >= 0.6 is 0 Å². The minimum Gasteiger partial charge on any atom is -0.452 e. The Bertz CT molecular complexity index is 438. The Labute approximate surface area is 116 Å². The van der Waals surface area contributed by atoms with Crippen molar-refractivity contribution in [2.45, 2.75) is 50.5 Å². The molecule has 3 rings (SSSR count). The quantitative estimate of drug-likeness (QED) is 0.551. The summed E-state index contributed by atoms with van der Waals surface area (Å²) in [6.45, 7) is 3.59. The average molecular weight is 280 g/mol. The first-order chi connectivity index (χ1) is 9.56. The number of carbonyl (C=O) groups is 2. The summed E-state index contributed by atoms with van der Waals surface area (Å²) < 4.78 is 20.7. The van der Waals surface area contributed by atoms with Gasteiger partial charge in [0, 0.05) is 0 Å². The van der Waals surface area contributed by atoms with Crippen molar-refractivity contribution >= 4 is 11.9 Å². The van der Waals surface area contributed by atoms with Crippen molar-refractivity contribution in [2.75, 3.05) is 0 Å². The molecule has 2 heterocycles. The fourth-order valence-electron chi connectivity index (χ4n) is 2.05. The van der Waals surface area contributed by atoms with E-state index in [9.17, 15) is 9.59 Å². The van der Waals surface area contributed by atoms with Gasteiger partial charge in [-0.1, -0.05) is 12.2 Å². The van der Waals surface area contributed by atoms with E-state index in [0.29, 0.717) is 0 Å². The molecule has 4 unspecified atom stereocenters. The normalized spacial score (nSPS) is 41.1. The third kappa shape index (κ3) is 2.76. The molecule has 3 aliphatic rings. The Hall–Kier alpha value is -1.66. The largest absolute Gasteiger partial charge is 0.452 e. The molecule has 108 valence electrons. The third-order valence-electron chi connectivity index (χ3n) is 3.43. The molecule has 20 heavy (non-hydrogen) atoms. The van der Waals surface area contributed by atoms with Gasteiger partial charge in [0.1, 0.15) is 0 Å². The molecule has 0 bridgehead atoms. The summed E-state index contributed by atoms with van der Waals surface area (Å²) in [6.07, 6.45) is 4.39. The van der Waals surface area contributed by atoms with Gasteiger partial charge in [-0.2, -0.15) is 0 Å².